The summed E-state index contributed by atoms with van der Waals surface area (Å²) in [5.41, 5.74) is 0.926. The molecule has 0 aliphatic carbocycles. The van der Waals surface area contributed by atoms with E-state index in [0.29, 0.717) is 18.1 Å². The zero-order valence-electron chi connectivity index (χ0n) is 13.1. The Morgan fingerprint density at radius 1 is 1.38 bits per heavy atom. The summed E-state index contributed by atoms with van der Waals surface area (Å²) in [4.78, 5) is 11.8. The van der Waals surface area contributed by atoms with Crippen LogP contribution in [-0.2, 0) is 17.8 Å². The summed E-state index contributed by atoms with van der Waals surface area (Å²) >= 11 is 1.33. The molecule has 0 bridgehead atoms. The lowest BCUT2D eigenvalue weighted by atomic mass is 10.1. The summed E-state index contributed by atoms with van der Waals surface area (Å²) in [6.45, 7) is 0.369. The molecule has 0 saturated heterocycles. The quantitative estimate of drug-likeness (QED) is 0.699. The second kappa shape index (κ2) is 9.21. The number of thioether (sulfide) groups is 1. The maximum Gasteiger partial charge on any atom is 0.387 e. The molecule has 1 aromatic heterocycles. The Labute approximate surface area is 142 Å². The molecule has 1 aromatic carbocycles. The zero-order chi connectivity index (χ0) is 17.4. The van der Waals surface area contributed by atoms with E-state index in [1.54, 1.807) is 18.5 Å². The molecule has 1 N–H and O–H groups in total. The van der Waals surface area contributed by atoms with Crippen LogP contribution < -0.4 is 10.1 Å². The Bertz CT molecular complexity index is 649. The van der Waals surface area contributed by atoms with Gasteiger partial charge in [-0.2, -0.15) is 8.78 Å². The minimum absolute atomic E-state index is 0.0942. The number of rotatable bonds is 9. The predicted molar refractivity (Wildman–Crippen MR) is 86.2 cm³/mol. The number of alkyl halides is 2. The van der Waals surface area contributed by atoms with Crippen LogP contribution in [0.3, 0.4) is 0 Å². The highest BCUT2D eigenvalue weighted by Crippen LogP contribution is 2.15. The van der Waals surface area contributed by atoms with E-state index in [1.807, 2.05) is 11.5 Å². The lowest BCUT2D eigenvalue weighted by Crippen LogP contribution is -2.27. The van der Waals surface area contributed by atoms with Crippen LogP contribution >= 0.6 is 11.8 Å². The van der Waals surface area contributed by atoms with Gasteiger partial charge in [0.2, 0.25) is 5.91 Å². The molecule has 0 fully saturated rings. The van der Waals surface area contributed by atoms with Crippen LogP contribution in [0.5, 0.6) is 5.75 Å². The van der Waals surface area contributed by atoms with E-state index in [-0.39, 0.29) is 17.4 Å². The third-order valence-corrected chi connectivity index (χ3v) is 4.12. The first-order valence-corrected chi connectivity index (χ1v) is 8.38. The van der Waals surface area contributed by atoms with Gasteiger partial charge in [-0.1, -0.05) is 23.9 Å². The topological polar surface area (TPSA) is 69.0 Å². The number of ether oxygens (including phenoxy) is 1. The van der Waals surface area contributed by atoms with Gasteiger partial charge in [-0.25, -0.2) is 0 Å². The number of amides is 1. The van der Waals surface area contributed by atoms with Crippen LogP contribution in [0.25, 0.3) is 0 Å². The normalized spacial score (nSPS) is 10.8. The molecule has 0 unspecified atom stereocenters. The molecular weight excluding hydrogens is 338 g/mol. The summed E-state index contributed by atoms with van der Waals surface area (Å²) < 4.78 is 30.2. The molecule has 2 aromatic rings. The number of hydrogen-bond donors (Lipinski definition) is 1. The van der Waals surface area contributed by atoms with Crippen LogP contribution in [0.2, 0.25) is 0 Å². The minimum Gasteiger partial charge on any atom is -0.435 e. The van der Waals surface area contributed by atoms with Crippen molar-refractivity contribution in [2.45, 2.75) is 31.7 Å². The molecule has 0 spiro atoms. The molecule has 0 radical (unpaired) electrons. The number of aromatic nitrogens is 3. The first-order chi connectivity index (χ1) is 11.6. The van der Waals surface area contributed by atoms with Crippen LogP contribution in [0.15, 0.2) is 35.7 Å². The zero-order valence-corrected chi connectivity index (χ0v) is 13.9. The number of hydrogen-bond acceptors (Lipinski definition) is 5. The van der Waals surface area contributed by atoms with Crippen molar-refractivity contribution in [2.24, 2.45) is 0 Å². The first kappa shape index (κ1) is 18.2. The van der Waals surface area contributed by atoms with Crippen molar-refractivity contribution in [3.63, 3.8) is 0 Å². The van der Waals surface area contributed by atoms with E-state index in [9.17, 15) is 13.6 Å². The number of nitrogens with one attached hydrogen (secondary N) is 1. The van der Waals surface area contributed by atoms with Gasteiger partial charge in [0.25, 0.3) is 0 Å². The number of halogens is 2. The van der Waals surface area contributed by atoms with Crippen molar-refractivity contribution in [2.75, 3.05) is 12.3 Å². The van der Waals surface area contributed by atoms with Gasteiger partial charge in [-0.3, -0.25) is 4.79 Å². The lowest BCUT2D eigenvalue weighted by Gasteiger charge is -2.07. The Kier molecular flexibility index (Phi) is 6.98. The largest absolute Gasteiger partial charge is 0.435 e. The highest BCUT2D eigenvalue weighted by molar-refractivity contribution is 7.99. The fourth-order valence-electron chi connectivity index (χ4n) is 1.94. The fraction of sp³-hybridized carbons (Fsp3) is 0.400. The highest BCUT2D eigenvalue weighted by Gasteiger charge is 2.08. The highest BCUT2D eigenvalue weighted by atomic mass is 32.2. The van der Waals surface area contributed by atoms with E-state index in [0.717, 1.165) is 12.1 Å². The molecule has 1 amide bonds. The van der Waals surface area contributed by atoms with E-state index >= 15 is 0 Å². The van der Waals surface area contributed by atoms with Gasteiger partial charge in [0.05, 0.1) is 5.75 Å². The van der Waals surface area contributed by atoms with Gasteiger partial charge in [0, 0.05) is 13.1 Å². The molecule has 2 rings (SSSR count). The van der Waals surface area contributed by atoms with E-state index in [2.05, 4.69) is 20.3 Å². The summed E-state index contributed by atoms with van der Waals surface area (Å²) in [7, 11) is 0. The molecule has 6 nitrogen and oxygen atoms in total. The van der Waals surface area contributed by atoms with Crippen LogP contribution in [0.1, 0.15) is 12.5 Å². The molecule has 9 heteroatoms. The molecule has 130 valence electrons. The molecule has 24 heavy (non-hydrogen) atoms. The Hall–Kier alpha value is -2.16. The van der Waals surface area contributed by atoms with E-state index in [4.69, 9.17) is 0 Å². The Balaban J connectivity index is 1.68. The number of aryl methyl sites for hydroxylation is 1. The minimum atomic E-state index is -2.83. The average Bonchev–Trinajstić information content (AvgIpc) is 3.01. The van der Waals surface area contributed by atoms with Crippen molar-refractivity contribution in [3.8, 4) is 5.75 Å². The third kappa shape index (κ3) is 5.80. The van der Waals surface area contributed by atoms with Gasteiger partial charge in [-0.05, 0) is 31.0 Å². The monoisotopic (exact) mass is 356 g/mol. The molecule has 0 saturated carbocycles. The predicted octanol–water partition coefficient (Wildman–Crippen LogP) is 2.35. The molecule has 0 aliphatic rings. The van der Waals surface area contributed by atoms with Crippen LogP contribution in [0.4, 0.5) is 8.78 Å². The number of benzene rings is 1. The number of carbonyl (C=O) groups is 1. The van der Waals surface area contributed by atoms with Crippen molar-refractivity contribution >= 4 is 17.7 Å². The standard InChI is InChI=1S/C15H18F2N4O2S/c1-2-21-10-19-20-15(21)24-9-13(22)18-8-7-11-3-5-12(6-4-11)23-14(16)17/h3-6,10,14H,2,7-9H2,1H3,(H,18,22). The van der Waals surface area contributed by atoms with Gasteiger partial charge in [0.1, 0.15) is 12.1 Å². The van der Waals surface area contributed by atoms with Gasteiger partial charge >= 0.3 is 6.61 Å². The van der Waals surface area contributed by atoms with Crippen molar-refractivity contribution in [1.82, 2.24) is 20.1 Å². The SMILES string of the molecule is CCn1cnnc1SCC(=O)NCCc1ccc(OC(F)F)cc1. The lowest BCUT2D eigenvalue weighted by molar-refractivity contribution is -0.118. The molecule has 0 atom stereocenters. The van der Waals surface area contributed by atoms with Crippen molar-refractivity contribution < 1.29 is 18.3 Å². The van der Waals surface area contributed by atoms with Crippen LogP contribution in [0, 0.1) is 0 Å². The van der Waals surface area contributed by atoms with Crippen molar-refractivity contribution in [1.29, 1.82) is 0 Å². The second-order valence-corrected chi connectivity index (χ2v) is 5.75. The number of nitrogens with zero attached hydrogens (tertiary/aromatic N) is 3. The maximum atomic E-state index is 12.1. The molecular formula is C15H18F2N4O2S. The first-order valence-electron chi connectivity index (χ1n) is 7.39. The van der Waals surface area contributed by atoms with Crippen molar-refractivity contribution in [3.05, 3.63) is 36.2 Å². The van der Waals surface area contributed by atoms with Gasteiger partial charge in [0.15, 0.2) is 5.16 Å². The number of carbonyl (C=O) groups excluding carboxylic acids is 1. The summed E-state index contributed by atoms with van der Waals surface area (Å²) in [5.74, 6) is 0.289. The third-order valence-electron chi connectivity index (χ3n) is 3.14. The second-order valence-electron chi connectivity index (χ2n) is 4.81. The van der Waals surface area contributed by atoms with E-state index in [1.165, 1.54) is 23.9 Å². The average molecular weight is 356 g/mol. The Morgan fingerprint density at radius 2 is 2.12 bits per heavy atom. The molecule has 0 aliphatic heterocycles. The van der Waals surface area contributed by atoms with Gasteiger partial charge in [-0.15, -0.1) is 10.2 Å². The van der Waals surface area contributed by atoms with E-state index < -0.39 is 6.61 Å². The van der Waals surface area contributed by atoms with Crippen LogP contribution in [-0.4, -0.2) is 39.6 Å². The maximum absolute atomic E-state index is 12.1. The summed E-state index contributed by atoms with van der Waals surface area (Å²) in [6.07, 6.45) is 2.23. The fourth-order valence-corrected chi connectivity index (χ4v) is 2.75. The summed E-state index contributed by atoms with van der Waals surface area (Å²) in [5, 5.41) is 11.3. The summed E-state index contributed by atoms with van der Waals surface area (Å²) in [6, 6.07) is 6.36. The van der Waals surface area contributed by atoms with Gasteiger partial charge < -0.3 is 14.6 Å². The smallest absolute Gasteiger partial charge is 0.387 e. The molecule has 1 heterocycles. The Morgan fingerprint density at radius 3 is 2.79 bits per heavy atom.